The number of hydrogen-bond donors (Lipinski definition) is 0. The lowest BCUT2D eigenvalue weighted by molar-refractivity contribution is 0.0969. The third-order valence-corrected chi connectivity index (χ3v) is 3.29. The van der Waals surface area contributed by atoms with E-state index in [1.54, 1.807) is 19.4 Å². The second kappa shape index (κ2) is 4.88. The van der Waals surface area contributed by atoms with Gasteiger partial charge in [0.05, 0.1) is 6.54 Å². The number of aromatic nitrogens is 2. The molecule has 100 valence electrons. The maximum absolute atomic E-state index is 12.4. The van der Waals surface area contributed by atoms with Gasteiger partial charge in [0.1, 0.15) is 0 Å². The maximum Gasteiger partial charge on any atom is 0.328 e. The van der Waals surface area contributed by atoms with Gasteiger partial charge in [0.25, 0.3) is 0 Å². The summed E-state index contributed by atoms with van der Waals surface area (Å²) in [6, 6.07) is 3.99. The molecule has 0 saturated heterocycles. The molecular weight excluding hydrogens is 240 g/mol. The second-order valence-electron chi connectivity index (χ2n) is 5.02. The van der Waals surface area contributed by atoms with Crippen LogP contribution in [0.5, 0.6) is 0 Å². The molecule has 0 bridgehead atoms. The molecule has 4 heteroatoms. The van der Waals surface area contributed by atoms with Crippen LogP contribution >= 0.6 is 0 Å². The van der Waals surface area contributed by atoms with Gasteiger partial charge in [-0.2, -0.15) is 0 Å². The molecular formula is C15H18N2O2. The summed E-state index contributed by atoms with van der Waals surface area (Å²) in [4.78, 5) is 24.1. The predicted molar refractivity (Wildman–Crippen MR) is 74.7 cm³/mol. The average Bonchev–Trinajstić information content (AvgIpc) is 2.59. The topological polar surface area (TPSA) is 44.0 Å². The van der Waals surface area contributed by atoms with Crippen LogP contribution in [0.3, 0.4) is 0 Å². The fourth-order valence-electron chi connectivity index (χ4n) is 2.48. The minimum absolute atomic E-state index is 0.0247. The van der Waals surface area contributed by atoms with E-state index < -0.39 is 0 Å². The van der Waals surface area contributed by atoms with Gasteiger partial charge in [-0.1, -0.05) is 17.7 Å². The molecule has 0 aliphatic carbocycles. The Labute approximate surface area is 112 Å². The van der Waals surface area contributed by atoms with Gasteiger partial charge in [-0.3, -0.25) is 9.36 Å². The Morgan fingerprint density at radius 1 is 1.11 bits per heavy atom. The molecule has 2 rings (SSSR count). The van der Waals surface area contributed by atoms with Gasteiger partial charge >= 0.3 is 5.69 Å². The van der Waals surface area contributed by atoms with Crippen molar-refractivity contribution in [2.24, 2.45) is 7.05 Å². The highest BCUT2D eigenvalue weighted by Gasteiger charge is 2.14. The Morgan fingerprint density at radius 3 is 2.16 bits per heavy atom. The number of rotatable bonds is 3. The zero-order valence-corrected chi connectivity index (χ0v) is 11.7. The standard InChI is InChI=1S/C15H18N2O2/c1-10-7-11(2)14(12(3)8-10)13(18)9-17-6-5-16(4)15(17)19/h5-8H,9H2,1-4H3. The number of carbonyl (C=O) groups excluding carboxylic acids is 1. The fraction of sp³-hybridized carbons (Fsp3) is 0.333. The summed E-state index contributed by atoms with van der Waals surface area (Å²) in [5.41, 5.74) is 3.62. The number of benzene rings is 1. The van der Waals surface area contributed by atoms with E-state index in [9.17, 15) is 9.59 Å². The molecule has 0 fully saturated rings. The van der Waals surface area contributed by atoms with Gasteiger partial charge in [-0.25, -0.2) is 4.79 Å². The number of ketones is 1. The summed E-state index contributed by atoms with van der Waals surface area (Å²) in [6.07, 6.45) is 3.30. The van der Waals surface area contributed by atoms with Crippen LogP contribution in [-0.4, -0.2) is 14.9 Å². The smallest absolute Gasteiger partial charge is 0.302 e. The van der Waals surface area contributed by atoms with Gasteiger partial charge in [-0.05, 0) is 31.9 Å². The largest absolute Gasteiger partial charge is 0.328 e. The lowest BCUT2D eigenvalue weighted by Gasteiger charge is -2.10. The highest BCUT2D eigenvalue weighted by atomic mass is 16.2. The van der Waals surface area contributed by atoms with Crippen LogP contribution in [0.1, 0.15) is 27.0 Å². The quantitative estimate of drug-likeness (QED) is 0.790. The highest BCUT2D eigenvalue weighted by Crippen LogP contribution is 2.17. The van der Waals surface area contributed by atoms with Gasteiger partial charge in [0, 0.05) is 25.0 Å². The molecule has 4 nitrogen and oxygen atoms in total. The molecule has 0 aliphatic heterocycles. The Hall–Kier alpha value is -2.10. The Bertz CT molecular complexity index is 669. The first-order valence-corrected chi connectivity index (χ1v) is 6.23. The van der Waals surface area contributed by atoms with Gasteiger partial charge in [0.2, 0.25) is 0 Å². The van der Waals surface area contributed by atoms with Crippen molar-refractivity contribution in [2.45, 2.75) is 27.3 Å². The third-order valence-electron chi connectivity index (χ3n) is 3.29. The molecule has 1 aromatic heterocycles. The van der Waals surface area contributed by atoms with Crippen molar-refractivity contribution in [3.05, 3.63) is 57.3 Å². The number of aryl methyl sites for hydroxylation is 4. The normalized spacial score (nSPS) is 10.7. The Morgan fingerprint density at radius 2 is 1.68 bits per heavy atom. The van der Waals surface area contributed by atoms with E-state index in [0.717, 1.165) is 22.3 Å². The summed E-state index contributed by atoms with van der Waals surface area (Å²) in [7, 11) is 1.67. The molecule has 2 aromatic rings. The molecule has 0 amide bonds. The molecule has 19 heavy (non-hydrogen) atoms. The summed E-state index contributed by atoms with van der Waals surface area (Å²) in [5.74, 6) is -0.0247. The van der Waals surface area contributed by atoms with E-state index in [4.69, 9.17) is 0 Å². The summed E-state index contributed by atoms with van der Waals surface area (Å²) < 4.78 is 2.89. The lowest BCUT2D eigenvalue weighted by Crippen LogP contribution is -2.25. The monoisotopic (exact) mass is 258 g/mol. The Kier molecular flexibility index (Phi) is 3.42. The van der Waals surface area contributed by atoms with E-state index in [0.29, 0.717) is 0 Å². The molecule has 0 aliphatic rings. The van der Waals surface area contributed by atoms with Crippen LogP contribution in [0, 0.1) is 20.8 Å². The lowest BCUT2D eigenvalue weighted by atomic mass is 9.96. The molecule has 1 aromatic carbocycles. The van der Waals surface area contributed by atoms with Crippen molar-refractivity contribution in [3.63, 3.8) is 0 Å². The number of Topliss-reactive ketones (excluding diaryl/α,β-unsaturated/α-hetero) is 1. The van der Waals surface area contributed by atoms with Gasteiger partial charge in [-0.15, -0.1) is 0 Å². The SMILES string of the molecule is Cc1cc(C)c(C(=O)Cn2ccn(C)c2=O)c(C)c1. The molecule has 0 saturated carbocycles. The molecule has 0 radical (unpaired) electrons. The van der Waals surface area contributed by atoms with Crippen molar-refractivity contribution in [1.82, 2.24) is 9.13 Å². The molecule has 0 atom stereocenters. The Balaban J connectivity index is 2.36. The highest BCUT2D eigenvalue weighted by molar-refractivity contribution is 5.98. The van der Waals surface area contributed by atoms with E-state index in [-0.39, 0.29) is 18.0 Å². The number of imidazole rings is 1. The van der Waals surface area contributed by atoms with E-state index in [1.165, 1.54) is 9.13 Å². The van der Waals surface area contributed by atoms with Crippen molar-refractivity contribution in [1.29, 1.82) is 0 Å². The van der Waals surface area contributed by atoms with Crippen LogP contribution in [0.15, 0.2) is 29.3 Å². The third kappa shape index (κ3) is 2.52. The van der Waals surface area contributed by atoms with Crippen molar-refractivity contribution in [3.8, 4) is 0 Å². The average molecular weight is 258 g/mol. The molecule has 0 unspecified atom stereocenters. The zero-order valence-electron chi connectivity index (χ0n) is 11.7. The predicted octanol–water partition coefficient (Wildman–Crippen LogP) is 1.99. The number of nitrogens with zero attached hydrogens (tertiary/aromatic N) is 2. The van der Waals surface area contributed by atoms with Crippen molar-refractivity contribution >= 4 is 5.78 Å². The van der Waals surface area contributed by atoms with Crippen molar-refractivity contribution in [2.75, 3.05) is 0 Å². The zero-order chi connectivity index (χ0) is 14.2. The summed E-state index contributed by atoms with van der Waals surface area (Å²) >= 11 is 0. The summed E-state index contributed by atoms with van der Waals surface area (Å²) in [6.45, 7) is 5.96. The van der Waals surface area contributed by atoms with E-state index in [2.05, 4.69) is 0 Å². The molecule has 0 spiro atoms. The maximum atomic E-state index is 12.4. The minimum Gasteiger partial charge on any atom is -0.302 e. The van der Waals surface area contributed by atoms with E-state index in [1.807, 2.05) is 32.9 Å². The van der Waals surface area contributed by atoms with Crippen LogP contribution in [0.4, 0.5) is 0 Å². The minimum atomic E-state index is -0.171. The first-order chi connectivity index (χ1) is 8.90. The van der Waals surface area contributed by atoms with Gasteiger partial charge in [0.15, 0.2) is 5.78 Å². The second-order valence-corrected chi connectivity index (χ2v) is 5.02. The van der Waals surface area contributed by atoms with Gasteiger partial charge < -0.3 is 4.57 Å². The van der Waals surface area contributed by atoms with E-state index >= 15 is 0 Å². The van der Waals surface area contributed by atoms with Crippen LogP contribution in [0.25, 0.3) is 0 Å². The molecule has 0 N–H and O–H groups in total. The first-order valence-electron chi connectivity index (χ1n) is 6.23. The number of carbonyl (C=O) groups is 1. The first kappa shape index (κ1) is 13.3. The van der Waals surface area contributed by atoms with Crippen LogP contribution < -0.4 is 5.69 Å². The van der Waals surface area contributed by atoms with Crippen LogP contribution in [-0.2, 0) is 13.6 Å². The summed E-state index contributed by atoms with van der Waals surface area (Å²) in [5, 5.41) is 0. The fourth-order valence-corrected chi connectivity index (χ4v) is 2.48. The molecule has 1 heterocycles. The van der Waals surface area contributed by atoms with Crippen molar-refractivity contribution < 1.29 is 4.79 Å². The number of hydrogen-bond acceptors (Lipinski definition) is 2. The van der Waals surface area contributed by atoms with Crippen LogP contribution in [0.2, 0.25) is 0 Å².